The van der Waals surface area contributed by atoms with Gasteiger partial charge in [0.05, 0.1) is 18.8 Å². The SMILES string of the molecule is C[C@H](OC[C@@H](O)CNC(=O)c1ccccn1)c1ccccc1. The third kappa shape index (κ3) is 4.95. The second-order valence-corrected chi connectivity index (χ2v) is 4.97. The van der Waals surface area contributed by atoms with Gasteiger partial charge >= 0.3 is 0 Å². The Bertz CT molecular complexity index is 575. The largest absolute Gasteiger partial charge is 0.389 e. The summed E-state index contributed by atoms with van der Waals surface area (Å²) in [6.45, 7) is 2.20. The first kappa shape index (κ1) is 16.1. The van der Waals surface area contributed by atoms with Crippen LogP contribution in [0.25, 0.3) is 0 Å². The monoisotopic (exact) mass is 300 g/mol. The summed E-state index contributed by atoms with van der Waals surface area (Å²) >= 11 is 0. The van der Waals surface area contributed by atoms with Gasteiger partial charge in [-0.25, -0.2) is 0 Å². The van der Waals surface area contributed by atoms with Gasteiger partial charge in [-0.3, -0.25) is 9.78 Å². The molecule has 1 heterocycles. The van der Waals surface area contributed by atoms with E-state index in [1.54, 1.807) is 24.4 Å². The zero-order valence-corrected chi connectivity index (χ0v) is 12.5. The second kappa shape index (κ2) is 8.26. The third-order valence-electron chi connectivity index (χ3n) is 3.20. The molecule has 5 heteroatoms. The fourth-order valence-corrected chi connectivity index (χ4v) is 1.93. The molecule has 22 heavy (non-hydrogen) atoms. The second-order valence-electron chi connectivity index (χ2n) is 4.97. The average molecular weight is 300 g/mol. The van der Waals surface area contributed by atoms with Crippen LogP contribution in [-0.2, 0) is 4.74 Å². The lowest BCUT2D eigenvalue weighted by atomic mass is 10.1. The predicted octanol–water partition coefficient (Wildman–Crippen LogP) is 1.95. The maximum absolute atomic E-state index is 11.8. The van der Waals surface area contributed by atoms with Crippen molar-refractivity contribution in [1.82, 2.24) is 10.3 Å². The van der Waals surface area contributed by atoms with Crippen LogP contribution in [0.15, 0.2) is 54.7 Å². The maximum Gasteiger partial charge on any atom is 0.269 e. The first-order valence-electron chi connectivity index (χ1n) is 7.20. The van der Waals surface area contributed by atoms with E-state index in [0.717, 1.165) is 5.56 Å². The summed E-state index contributed by atoms with van der Waals surface area (Å²) in [5.41, 5.74) is 1.38. The molecular formula is C17H20N2O3. The molecule has 2 atom stereocenters. The van der Waals surface area contributed by atoms with Crippen molar-refractivity contribution in [3.63, 3.8) is 0 Å². The molecule has 2 aromatic rings. The number of aromatic nitrogens is 1. The Hall–Kier alpha value is -2.24. The number of hydrogen-bond acceptors (Lipinski definition) is 4. The van der Waals surface area contributed by atoms with Crippen molar-refractivity contribution in [1.29, 1.82) is 0 Å². The van der Waals surface area contributed by atoms with E-state index >= 15 is 0 Å². The summed E-state index contributed by atoms with van der Waals surface area (Å²) in [7, 11) is 0. The molecule has 2 rings (SSSR count). The Morgan fingerprint density at radius 1 is 1.23 bits per heavy atom. The summed E-state index contributed by atoms with van der Waals surface area (Å²) in [5.74, 6) is -0.309. The lowest BCUT2D eigenvalue weighted by molar-refractivity contribution is -0.00173. The highest BCUT2D eigenvalue weighted by Gasteiger charge is 2.12. The molecular weight excluding hydrogens is 280 g/mol. The zero-order valence-electron chi connectivity index (χ0n) is 12.5. The van der Waals surface area contributed by atoms with Crippen LogP contribution in [0.2, 0.25) is 0 Å². The third-order valence-corrected chi connectivity index (χ3v) is 3.20. The van der Waals surface area contributed by atoms with Gasteiger partial charge in [-0.05, 0) is 24.6 Å². The molecule has 0 aliphatic heterocycles. The Labute approximate surface area is 130 Å². The van der Waals surface area contributed by atoms with Crippen LogP contribution in [-0.4, -0.2) is 35.3 Å². The van der Waals surface area contributed by atoms with E-state index in [1.165, 1.54) is 0 Å². The molecule has 2 N–H and O–H groups in total. The van der Waals surface area contributed by atoms with Crippen LogP contribution < -0.4 is 5.32 Å². The number of nitrogens with zero attached hydrogens (tertiary/aromatic N) is 1. The van der Waals surface area contributed by atoms with Crippen LogP contribution in [0.5, 0.6) is 0 Å². The lowest BCUT2D eigenvalue weighted by Gasteiger charge is -2.17. The average Bonchev–Trinajstić information content (AvgIpc) is 2.59. The molecule has 0 fully saturated rings. The van der Waals surface area contributed by atoms with Crippen LogP contribution >= 0.6 is 0 Å². The Morgan fingerprint density at radius 2 is 1.95 bits per heavy atom. The summed E-state index contributed by atoms with van der Waals surface area (Å²) in [6, 6.07) is 14.9. The number of pyridine rings is 1. The van der Waals surface area contributed by atoms with E-state index in [2.05, 4.69) is 10.3 Å². The van der Waals surface area contributed by atoms with Crippen molar-refractivity contribution >= 4 is 5.91 Å². The molecule has 0 radical (unpaired) electrons. The fourth-order valence-electron chi connectivity index (χ4n) is 1.93. The van der Waals surface area contributed by atoms with Crippen molar-refractivity contribution in [3.8, 4) is 0 Å². The molecule has 0 bridgehead atoms. The topological polar surface area (TPSA) is 71.5 Å². The number of amides is 1. The minimum atomic E-state index is -0.765. The van der Waals surface area contributed by atoms with Gasteiger partial charge in [-0.1, -0.05) is 36.4 Å². The van der Waals surface area contributed by atoms with Gasteiger partial charge in [-0.15, -0.1) is 0 Å². The lowest BCUT2D eigenvalue weighted by Crippen LogP contribution is -2.35. The van der Waals surface area contributed by atoms with Crippen molar-refractivity contribution in [2.24, 2.45) is 0 Å². The highest BCUT2D eigenvalue weighted by Crippen LogP contribution is 2.15. The van der Waals surface area contributed by atoms with E-state index in [9.17, 15) is 9.90 Å². The number of nitrogens with one attached hydrogen (secondary N) is 1. The molecule has 1 aromatic carbocycles. The standard InChI is InChI=1S/C17H20N2O3/c1-13(14-7-3-2-4-8-14)22-12-15(20)11-19-17(21)16-9-5-6-10-18-16/h2-10,13,15,20H,11-12H2,1H3,(H,19,21)/t13-,15-/m0/s1. The van der Waals surface area contributed by atoms with Gasteiger partial charge in [0.2, 0.25) is 0 Å². The van der Waals surface area contributed by atoms with Crippen LogP contribution in [0.3, 0.4) is 0 Å². The van der Waals surface area contributed by atoms with Crippen LogP contribution in [0.4, 0.5) is 0 Å². The first-order valence-corrected chi connectivity index (χ1v) is 7.20. The minimum Gasteiger partial charge on any atom is -0.389 e. The summed E-state index contributed by atoms with van der Waals surface area (Å²) < 4.78 is 5.61. The Balaban J connectivity index is 1.72. The molecule has 1 amide bonds. The molecule has 1 aromatic heterocycles. The quantitative estimate of drug-likeness (QED) is 0.820. The predicted molar refractivity (Wildman–Crippen MR) is 83.4 cm³/mol. The zero-order chi connectivity index (χ0) is 15.8. The molecule has 0 saturated carbocycles. The van der Waals surface area contributed by atoms with Crippen LogP contribution in [0.1, 0.15) is 29.1 Å². The smallest absolute Gasteiger partial charge is 0.269 e. The number of aliphatic hydroxyl groups excluding tert-OH is 1. The van der Waals surface area contributed by atoms with Crippen molar-refractivity contribution in [3.05, 3.63) is 66.0 Å². The number of rotatable bonds is 7. The number of carbonyl (C=O) groups is 1. The maximum atomic E-state index is 11.8. The van der Waals surface area contributed by atoms with E-state index in [-0.39, 0.29) is 25.2 Å². The van der Waals surface area contributed by atoms with Gasteiger partial charge in [0, 0.05) is 12.7 Å². The van der Waals surface area contributed by atoms with Gasteiger partial charge < -0.3 is 15.2 Å². The molecule has 0 spiro atoms. The number of carbonyl (C=O) groups excluding carboxylic acids is 1. The van der Waals surface area contributed by atoms with Gasteiger partial charge in [0.25, 0.3) is 5.91 Å². The van der Waals surface area contributed by atoms with E-state index in [0.29, 0.717) is 5.69 Å². The highest BCUT2D eigenvalue weighted by molar-refractivity contribution is 5.92. The molecule has 0 unspecified atom stereocenters. The molecule has 116 valence electrons. The van der Waals surface area contributed by atoms with E-state index < -0.39 is 6.10 Å². The summed E-state index contributed by atoms with van der Waals surface area (Å²) in [4.78, 5) is 15.7. The number of ether oxygens (including phenoxy) is 1. The van der Waals surface area contributed by atoms with E-state index in [1.807, 2.05) is 37.3 Å². The van der Waals surface area contributed by atoms with Crippen LogP contribution in [0, 0.1) is 0 Å². The molecule has 0 aliphatic carbocycles. The number of aliphatic hydroxyl groups is 1. The first-order chi connectivity index (χ1) is 10.7. The van der Waals surface area contributed by atoms with Gasteiger partial charge in [0.1, 0.15) is 5.69 Å². The highest BCUT2D eigenvalue weighted by atomic mass is 16.5. The van der Waals surface area contributed by atoms with E-state index in [4.69, 9.17) is 4.74 Å². The number of benzene rings is 1. The fraction of sp³-hybridized carbons (Fsp3) is 0.294. The molecule has 5 nitrogen and oxygen atoms in total. The normalized spacial score (nSPS) is 13.4. The van der Waals surface area contributed by atoms with Gasteiger partial charge in [-0.2, -0.15) is 0 Å². The summed E-state index contributed by atoms with van der Waals surface area (Å²) in [5, 5.41) is 12.5. The minimum absolute atomic E-state index is 0.109. The number of hydrogen-bond donors (Lipinski definition) is 2. The molecule has 0 aliphatic rings. The van der Waals surface area contributed by atoms with Crippen molar-refractivity contribution in [2.45, 2.75) is 19.1 Å². The van der Waals surface area contributed by atoms with Crippen molar-refractivity contribution < 1.29 is 14.6 Å². The Morgan fingerprint density at radius 3 is 2.64 bits per heavy atom. The van der Waals surface area contributed by atoms with Gasteiger partial charge in [0.15, 0.2) is 0 Å². The molecule has 0 saturated heterocycles. The Kier molecular flexibility index (Phi) is 6.06. The summed E-state index contributed by atoms with van der Waals surface area (Å²) in [6.07, 6.45) is 0.678. The van der Waals surface area contributed by atoms with Crippen molar-refractivity contribution in [2.75, 3.05) is 13.2 Å².